The summed E-state index contributed by atoms with van der Waals surface area (Å²) in [6, 6.07) is 7.17. The molecule has 1 aromatic heterocycles. The number of hydrogen-bond donors (Lipinski definition) is 2. The topological polar surface area (TPSA) is 75.2 Å². The Kier molecular flexibility index (Phi) is 3.82. The van der Waals surface area contributed by atoms with E-state index in [4.69, 9.17) is 4.74 Å². The van der Waals surface area contributed by atoms with E-state index in [9.17, 15) is 9.90 Å². The van der Waals surface area contributed by atoms with Crippen molar-refractivity contribution in [1.82, 2.24) is 9.97 Å². The average molecular weight is 351 g/mol. The van der Waals surface area contributed by atoms with E-state index in [1.807, 2.05) is 6.07 Å². The van der Waals surface area contributed by atoms with Crippen molar-refractivity contribution in [3.63, 3.8) is 0 Å². The number of halogens is 1. The van der Waals surface area contributed by atoms with Crippen molar-refractivity contribution in [3.8, 4) is 17.0 Å². The molecule has 6 heteroatoms. The van der Waals surface area contributed by atoms with Crippen LogP contribution in [0.5, 0.6) is 5.88 Å². The van der Waals surface area contributed by atoms with E-state index in [-0.39, 0.29) is 23.1 Å². The van der Waals surface area contributed by atoms with Gasteiger partial charge < -0.3 is 14.8 Å². The highest BCUT2D eigenvalue weighted by atomic mass is 79.9. The van der Waals surface area contributed by atoms with Crippen molar-refractivity contribution in [2.75, 3.05) is 7.11 Å². The molecule has 0 radical (unpaired) electrons. The van der Waals surface area contributed by atoms with Gasteiger partial charge in [-0.15, -0.1) is 0 Å². The quantitative estimate of drug-likeness (QED) is 0.888. The fraction of sp³-hybridized carbons (Fsp3) is 0.333. The highest BCUT2D eigenvalue weighted by Crippen LogP contribution is 2.42. The van der Waals surface area contributed by atoms with E-state index >= 15 is 0 Å². The molecule has 110 valence electrons. The molecular formula is C15H15BrN2O3. The van der Waals surface area contributed by atoms with E-state index in [0.717, 1.165) is 17.3 Å². The van der Waals surface area contributed by atoms with Crippen molar-refractivity contribution in [2.45, 2.75) is 18.9 Å². The van der Waals surface area contributed by atoms with Crippen LogP contribution in [0, 0.1) is 5.92 Å². The summed E-state index contributed by atoms with van der Waals surface area (Å²) < 4.78 is 6.21. The summed E-state index contributed by atoms with van der Waals surface area (Å²) in [6.07, 6.45) is 1.84. The van der Waals surface area contributed by atoms with Crippen LogP contribution in [-0.4, -0.2) is 22.2 Å². The van der Waals surface area contributed by atoms with Crippen LogP contribution < -0.4 is 5.56 Å². The average Bonchev–Trinajstić information content (AvgIpc) is 3.23. The van der Waals surface area contributed by atoms with E-state index in [1.54, 1.807) is 25.3 Å². The second kappa shape index (κ2) is 5.61. The van der Waals surface area contributed by atoms with Crippen LogP contribution in [0.4, 0.5) is 0 Å². The third-order valence-electron chi connectivity index (χ3n) is 3.61. The predicted octanol–water partition coefficient (Wildman–Crippen LogP) is 3.00. The number of rotatable bonds is 4. The lowest BCUT2D eigenvalue weighted by Crippen LogP contribution is -2.18. The van der Waals surface area contributed by atoms with Gasteiger partial charge in [-0.2, -0.15) is 4.98 Å². The van der Waals surface area contributed by atoms with Gasteiger partial charge in [-0.1, -0.05) is 28.1 Å². The SMILES string of the molecule is COC(c1nc(O)c(-c2cccc(Br)c2)c(=O)[nH]1)C1CC1. The van der Waals surface area contributed by atoms with Crippen molar-refractivity contribution < 1.29 is 9.84 Å². The summed E-state index contributed by atoms with van der Waals surface area (Å²) in [5.74, 6) is 0.491. The lowest BCUT2D eigenvalue weighted by atomic mass is 10.1. The molecule has 21 heavy (non-hydrogen) atoms. The van der Waals surface area contributed by atoms with Gasteiger partial charge in [0.05, 0.1) is 0 Å². The number of aromatic amines is 1. The summed E-state index contributed by atoms with van der Waals surface area (Å²) in [5, 5.41) is 10.2. The molecule has 0 spiro atoms. The van der Waals surface area contributed by atoms with Gasteiger partial charge in [-0.3, -0.25) is 4.79 Å². The molecule has 0 bridgehead atoms. The first kappa shape index (κ1) is 14.3. The number of ether oxygens (including phenoxy) is 1. The number of H-pyrrole nitrogens is 1. The molecule has 0 amide bonds. The molecule has 1 aromatic carbocycles. The normalized spacial score (nSPS) is 15.9. The van der Waals surface area contributed by atoms with Crippen LogP contribution in [0.1, 0.15) is 24.8 Å². The van der Waals surface area contributed by atoms with Gasteiger partial charge in [0.2, 0.25) is 5.88 Å². The first-order chi connectivity index (χ1) is 10.1. The molecule has 0 saturated heterocycles. The maximum absolute atomic E-state index is 12.3. The third kappa shape index (κ3) is 2.87. The number of methoxy groups -OCH3 is 1. The molecule has 1 fully saturated rings. The molecule has 1 unspecified atom stereocenters. The lowest BCUT2D eigenvalue weighted by molar-refractivity contribution is 0.0764. The van der Waals surface area contributed by atoms with Gasteiger partial charge in [0.1, 0.15) is 17.5 Å². The Morgan fingerprint density at radius 3 is 2.81 bits per heavy atom. The predicted molar refractivity (Wildman–Crippen MR) is 82.1 cm³/mol. The van der Waals surface area contributed by atoms with Crippen molar-refractivity contribution in [3.05, 3.63) is 44.9 Å². The molecule has 1 saturated carbocycles. The Labute approximate surface area is 130 Å². The molecule has 0 aliphatic heterocycles. The minimum absolute atomic E-state index is 0.172. The lowest BCUT2D eigenvalue weighted by Gasteiger charge is -2.14. The summed E-state index contributed by atoms with van der Waals surface area (Å²) in [4.78, 5) is 19.2. The second-order valence-electron chi connectivity index (χ2n) is 5.15. The maximum atomic E-state index is 12.3. The number of nitrogens with zero attached hydrogens (tertiary/aromatic N) is 1. The van der Waals surface area contributed by atoms with Crippen LogP contribution in [0.2, 0.25) is 0 Å². The Balaban J connectivity index is 2.06. The molecule has 1 aliphatic rings. The highest BCUT2D eigenvalue weighted by molar-refractivity contribution is 9.10. The summed E-state index contributed by atoms with van der Waals surface area (Å²) in [6.45, 7) is 0. The smallest absolute Gasteiger partial charge is 0.262 e. The zero-order chi connectivity index (χ0) is 15.0. The highest BCUT2D eigenvalue weighted by Gasteiger charge is 2.34. The molecule has 2 aromatic rings. The number of hydrogen-bond acceptors (Lipinski definition) is 4. The first-order valence-corrected chi connectivity index (χ1v) is 7.51. The van der Waals surface area contributed by atoms with E-state index in [2.05, 4.69) is 25.9 Å². The molecule has 5 nitrogen and oxygen atoms in total. The molecule has 1 atom stereocenters. The van der Waals surface area contributed by atoms with Crippen LogP contribution in [0.3, 0.4) is 0 Å². The fourth-order valence-electron chi connectivity index (χ4n) is 2.44. The van der Waals surface area contributed by atoms with Crippen LogP contribution >= 0.6 is 15.9 Å². The summed E-state index contributed by atoms with van der Waals surface area (Å²) in [7, 11) is 1.59. The van der Waals surface area contributed by atoms with Gasteiger partial charge >= 0.3 is 0 Å². The van der Waals surface area contributed by atoms with Gasteiger partial charge in [-0.25, -0.2) is 0 Å². The Morgan fingerprint density at radius 2 is 2.24 bits per heavy atom. The number of aromatic hydroxyl groups is 1. The zero-order valence-corrected chi connectivity index (χ0v) is 13.1. The summed E-state index contributed by atoms with van der Waals surface area (Å²) >= 11 is 3.35. The van der Waals surface area contributed by atoms with Crippen molar-refractivity contribution in [2.24, 2.45) is 5.92 Å². The van der Waals surface area contributed by atoms with E-state index in [1.165, 1.54) is 0 Å². The van der Waals surface area contributed by atoms with Crippen molar-refractivity contribution >= 4 is 15.9 Å². The van der Waals surface area contributed by atoms with Gasteiger partial charge in [-0.05, 0) is 36.5 Å². The van der Waals surface area contributed by atoms with Gasteiger partial charge in [0, 0.05) is 11.6 Å². The summed E-state index contributed by atoms with van der Waals surface area (Å²) in [5.41, 5.74) is 0.423. The number of benzene rings is 1. The molecule has 1 aliphatic carbocycles. The number of aromatic nitrogens is 2. The monoisotopic (exact) mass is 350 g/mol. The largest absolute Gasteiger partial charge is 0.493 e. The van der Waals surface area contributed by atoms with E-state index in [0.29, 0.717) is 17.3 Å². The van der Waals surface area contributed by atoms with Crippen molar-refractivity contribution in [1.29, 1.82) is 0 Å². The van der Waals surface area contributed by atoms with Gasteiger partial charge in [0.25, 0.3) is 5.56 Å². The van der Waals surface area contributed by atoms with Crippen LogP contribution in [0.25, 0.3) is 11.1 Å². The maximum Gasteiger partial charge on any atom is 0.262 e. The Hall–Kier alpha value is -1.66. The molecule has 3 rings (SSSR count). The zero-order valence-electron chi connectivity index (χ0n) is 11.5. The minimum atomic E-state index is -0.363. The second-order valence-corrected chi connectivity index (χ2v) is 6.07. The Morgan fingerprint density at radius 1 is 1.48 bits per heavy atom. The third-order valence-corrected chi connectivity index (χ3v) is 4.10. The van der Waals surface area contributed by atoms with Crippen LogP contribution in [-0.2, 0) is 4.74 Å². The number of nitrogens with one attached hydrogen (secondary N) is 1. The van der Waals surface area contributed by atoms with Gasteiger partial charge in [0.15, 0.2) is 0 Å². The fourth-order valence-corrected chi connectivity index (χ4v) is 2.84. The first-order valence-electron chi connectivity index (χ1n) is 6.72. The molecule has 1 heterocycles. The molecule has 2 N–H and O–H groups in total. The van der Waals surface area contributed by atoms with E-state index < -0.39 is 0 Å². The van der Waals surface area contributed by atoms with Crippen LogP contribution in [0.15, 0.2) is 33.5 Å². The minimum Gasteiger partial charge on any atom is -0.493 e. The Bertz CT molecular complexity index is 725. The standard InChI is InChI=1S/C15H15BrN2O3/c1-21-12(8-5-6-8)13-17-14(19)11(15(20)18-13)9-3-2-4-10(16)7-9/h2-4,7-8,12H,5-6H2,1H3,(H2,17,18,19,20). The molecular weight excluding hydrogens is 336 g/mol.